The second kappa shape index (κ2) is 8.11. The first kappa shape index (κ1) is 20.6. The Morgan fingerprint density at radius 1 is 1.03 bits per heavy atom. The van der Waals surface area contributed by atoms with Crippen molar-refractivity contribution in [2.24, 2.45) is 7.05 Å². The number of aryl methyl sites for hydroxylation is 1. The van der Waals surface area contributed by atoms with Gasteiger partial charge in [0.25, 0.3) is 5.56 Å². The number of nitrogens with zero attached hydrogens (tertiary/aromatic N) is 6. The van der Waals surface area contributed by atoms with Gasteiger partial charge in [0, 0.05) is 48.7 Å². The minimum atomic E-state index is -0.210. The fraction of sp³-hybridized carbons (Fsp3) is 0.280. The van der Waals surface area contributed by atoms with Gasteiger partial charge in [-0.2, -0.15) is 9.50 Å². The van der Waals surface area contributed by atoms with Crippen LogP contribution in [0.15, 0.2) is 53.5 Å². The van der Waals surface area contributed by atoms with Gasteiger partial charge in [-0.1, -0.05) is 12.1 Å². The van der Waals surface area contributed by atoms with Gasteiger partial charge in [-0.3, -0.25) is 9.48 Å². The van der Waals surface area contributed by atoms with Crippen LogP contribution in [0, 0.1) is 0 Å². The van der Waals surface area contributed by atoms with E-state index in [1.807, 2.05) is 49.5 Å². The Hall–Kier alpha value is -3.98. The largest absolute Gasteiger partial charge is 0.392 e. The molecular formula is C25H25N7O2. The number of aliphatic hydroxyl groups is 1. The highest BCUT2D eigenvalue weighted by Crippen LogP contribution is 2.28. The zero-order chi connectivity index (χ0) is 23.2. The third-order valence-corrected chi connectivity index (χ3v) is 6.60. The van der Waals surface area contributed by atoms with Crippen LogP contribution in [0.4, 0.5) is 17.3 Å². The van der Waals surface area contributed by atoms with Gasteiger partial charge in [0.15, 0.2) is 11.3 Å². The van der Waals surface area contributed by atoms with Crippen LogP contribution in [-0.2, 0) is 13.7 Å². The number of nitrogens with one attached hydrogen (secondary N) is 1. The summed E-state index contributed by atoms with van der Waals surface area (Å²) in [5, 5.41) is 14.4. The molecule has 5 aromatic rings. The van der Waals surface area contributed by atoms with E-state index in [4.69, 9.17) is 4.98 Å². The first-order valence-corrected chi connectivity index (χ1v) is 11.5. The molecule has 2 aromatic carbocycles. The standard InChI is InChI=1S/C25H25N7O2/c1-30-21-8-4-3-7-18(21)23-28-22-19(24(34)32(23)30)14-26-25(29-22)27-17-9-10-20(16(13-17)15-33)31-11-5-2-6-12-31/h3-4,7-10,13-14,33H,2,5-6,11-12,15H2,1H3,(H,26,27,29). The highest BCUT2D eigenvalue weighted by molar-refractivity contribution is 5.94. The van der Waals surface area contributed by atoms with E-state index in [0.29, 0.717) is 22.6 Å². The Bertz CT molecular complexity index is 1600. The van der Waals surface area contributed by atoms with E-state index < -0.39 is 0 Å². The Balaban J connectivity index is 1.39. The second-order valence-corrected chi connectivity index (χ2v) is 8.70. The summed E-state index contributed by atoms with van der Waals surface area (Å²) in [6, 6.07) is 13.7. The molecule has 4 heterocycles. The van der Waals surface area contributed by atoms with Crippen molar-refractivity contribution in [1.29, 1.82) is 0 Å². The summed E-state index contributed by atoms with van der Waals surface area (Å²) in [6.45, 7) is 1.98. The Labute approximate surface area is 195 Å². The maximum Gasteiger partial charge on any atom is 0.283 e. The van der Waals surface area contributed by atoms with Crippen LogP contribution >= 0.6 is 0 Å². The van der Waals surface area contributed by atoms with E-state index in [1.54, 1.807) is 9.20 Å². The van der Waals surface area contributed by atoms with E-state index in [9.17, 15) is 9.90 Å². The summed E-state index contributed by atoms with van der Waals surface area (Å²) in [4.78, 5) is 29.1. The Kier molecular flexibility index (Phi) is 4.91. The molecule has 1 fully saturated rings. The van der Waals surface area contributed by atoms with Crippen molar-refractivity contribution in [1.82, 2.24) is 24.1 Å². The van der Waals surface area contributed by atoms with Gasteiger partial charge in [0.2, 0.25) is 5.95 Å². The van der Waals surface area contributed by atoms with Crippen LogP contribution in [0.1, 0.15) is 24.8 Å². The SMILES string of the molecule is Cn1c2ccccc2c2nc3nc(Nc4ccc(N5CCCCC5)c(CO)c4)ncc3c(=O)n21. The van der Waals surface area contributed by atoms with Crippen LogP contribution in [0.25, 0.3) is 27.6 Å². The number of anilines is 3. The number of aliphatic hydroxyl groups excluding tert-OH is 1. The first-order valence-electron chi connectivity index (χ1n) is 11.5. The quantitative estimate of drug-likeness (QED) is 0.429. The molecule has 1 aliphatic rings. The van der Waals surface area contributed by atoms with Crippen molar-refractivity contribution in [3.05, 3.63) is 64.6 Å². The molecular weight excluding hydrogens is 430 g/mol. The lowest BCUT2D eigenvalue weighted by Gasteiger charge is -2.30. The lowest BCUT2D eigenvalue weighted by Crippen LogP contribution is -2.30. The maximum absolute atomic E-state index is 13.2. The van der Waals surface area contributed by atoms with Crippen molar-refractivity contribution in [3.8, 4) is 0 Å². The van der Waals surface area contributed by atoms with Gasteiger partial charge in [0.05, 0.1) is 12.1 Å². The smallest absolute Gasteiger partial charge is 0.283 e. The van der Waals surface area contributed by atoms with Crippen LogP contribution in [0.2, 0.25) is 0 Å². The molecule has 9 heteroatoms. The summed E-state index contributed by atoms with van der Waals surface area (Å²) in [5.74, 6) is 0.346. The van der Waals surface area contributed by atoms with Gasteiger partial charge in [0.1, 0.15) is 5.39 Å². The van der Waals surface area contributed by atoms with Crippen molar-refractivity contribution < 1.29 is 5.11 Å². The number of piperidine rings is 1. The third kappa shape index (κ3) is 3.28. The van der Waals surface area contributed by atoms with E-state index in [2.05, 4.69) is 20.2 Å². The predicted octanol–water partition coefficient (Wildman–Crippen LogP) is 3.36. The van der Waals surface area contributed by atoms with Gasteiger partial charge in [-0.05, 0) is 49.6 Å². The molecule has 0 unspecified atom stereocenters. The average Bonchev–Trinajstić information content (AvgIpc) is 3.16. The number of aromatic nitrogens is 5. The van der Waals surface area contributed by atoms with E-state index in [0.717, 1.165) is 40.9 Å². The number of para-hydroxylation sites is 1. The van der Waals surface area contributed by atoms with Gasteiger partial charge in [-0.25, -0.2) is 9.97 Å². The van der Waals surface area contributed by atoms with E-state index in [-0.39, 0.29) is 12.2 Å². The molecule has 172 valence electrons. The molecule has 1 aliphatic heterocycles. The molecule has 2 N–H and O–H groups in total. The molecule has 9 nitrogen and oxygen atoms in total. The maximum atomic E-state index is 13.2. The fourth-order valence-corrected chi connectivity index (χ4v) is 4.89. The zero-order valence-electron chi connectivity index (χ0n) is 18.9. The topological polar surface area (TPSA) is 101 Å². The summed E-state index contributed by atoms with van der Waals surface area (Å²) in [7, 11) is 1.84. The summed E-state index contributed by atoms with van der Waals surface area (Å²) < 4.78 is 3.35. The van der Waals surface area contributed by atoms with Crippen molar-refractivity contribution in [2.45, 2.75) is 25.9 Å². The molecule has 0 saturated carbocycles. The number of hydrogen-bond donors (Lipinski definition) is 2. The van der Waals surface area contributed by atoms with Crippen LogP contribution in [-0.4, -0.2) is 42.3 Å². The van der Waals surface area contributed by atoms with Gasteiger partial charge < -0.3 is 15.3 Å². The number of fused-ring (bicyclic) bond motifs is 4. The molecule has 1 saturated heterocycles. The highest BCUT2D eigenvalue weighted by Gasteiger charge is 2.17. The predicted molar refractivity (Wildman–Crippen MR) is 133 cm³/mol. The molecule has 0 bridgehead atoms. The van der Waals surface area contributed by atoms with E-state index >= 15 is 0 Å². The van der Waals surface area contributed by atoms with Crippen LogP contribution in [0.3, 0.4) is 0 Å². The Morgan fingerprint density at radius 3 is 2.68 bits per heavy atom. The van der Waals surface area contributed by atoms with Crippen molar-refractivity contribution in [2.75, 3.05) is 23.3 Å². The summed E-state index contributed by atoms with van der Waals surface area (Å²) >= 11 is 0. The molecule has 34 heavy (non-hydrogen) atoms. The minimum absolute atomic E-state index is 0.0443. The molecule has 0 amide bonds. The lowest BCUT2D eigenvalue weighted by atomic mass is 10.1. The molecule has 0 aliphatic carbocycles. The normalized spacial score (nSPS) is 14.4. The molecule has 0 spiro atoms. The fourth-order valence-electron chi connectivity index (χ4n) is 4.89. The summed E-state index contributed by atoms with van der Waals surface area (Å²) in [6.07, 6.45) is 5.12. The summed E-state index contributed by atoms with van der Waals surface area (Å²) in [5.41, 5.74) is 4.31. The van der Waals surface area contributed by atoms with E-state index in [1.165, 1.54) is 25.5 Å². The molecule has 0 atom stereocenters. The van der Waals surface area contributed by atoms with Gasteiger partial charge in [-0.15, -0.1) is 0 Å². The monoisotopic (exact) mass is 455 g/mol. The molecule has 6 rings (SSSR count). The van der Waals surface area contributed by atoms with Crippen LogP contribution in [0.5, 0.6) is 0 Å². The second-order valence-electron chi connectivity index (χ2n) is 8.70. The molecule has 3 aromatic heterocycles. The average molecular weight is 456 g/mol. The zero-order valence-corrected chi connectivity index (χ0v) is 18.9. The van der Waals surface area contributed by atoms with Crippen LogP contribution < -0.4 is 15.8 Å². The van der Waals surface area contributed by atoms with Crippen molar-refractivity contribution >= 4 is 44.9 Å². The van der Waals surface area contributed by atoms with Crippen molar-refractivity contribution in [3.63, 3.8) is 0 Å². The molecule has 0 radical (unpaired) electrons. The first-order chi connectivity index (χ1) is 16.6. The number of hydrogen-bond acceptors (Lipinski definition) is 7. The third-order valence-electron chi connectivity index (χ3n) is 6.60. The number of rotatable bonds is 4. The van der Waals surface area contributed by atoms with Gasteiger partial charge >= 0.3 is 0 Å². The highest BCUT2D eigenvalue weighted by atomic mass is 16.3. The minimum Gasteiger partial charge on any atom is -0.392 e. The lowest BCUT2D eigenvalue weighted by molar-refractivity contribution is 0.282. The Morgan fingerprint density at radius 2 is 1.85 bits per heavy atom. The number of benzene rings is 2.